The van der Waals surface area contributed by atoms with Crippen LogP contribution in [0.25, 0.3) is 0 Å². The molecule has 2 aliphatic rings. The summed E-state index contributed by atoms with van der Waals surface area (Å²) in [5, 5.41) is 0. The zero-order valence-corrected chi connectivity index (χ0v) is 11.4. The standard InChI is InChI=1S/C12H18O7/c1-6(13)15-5-8-9-10(19-12(3,4)18-9)11(17-8)16-7(2)14/h8-11H,5H2,1-4H3/t8-,9-,10+,11+/m1/s1. The van der Waals surface area contributed by atoms with Crippen molar-refractivity contribution >= 4 is 11.9 Å². The predicted molar refractivity (Wildman–Crippen MR) is 60.9 cm³/mol. The topological polar surface area (TPSA) is 80.3 Å². The number of hydrogen-bond acceptors (Lipinski definition) is 7. The van der Waals surface area contributed by atoms with Crippen LogP contribution in [-0.4, -0.2) is 48.9 Å². The molecule has 2 saturated heterocycles. The highest BCUT2D eigenvalue weighted by atomic mass is 16.8. The molecule has 0 aliphatic carbocycles. The van der Waals surface area contributed by atoms with Gasteiger partial charge in [0.05, 0.1) is 0 Å². The molecule has 0 N–H and O–H groups in total. The van der Waals surface area contributed by atoms with Gasteiger partial charge in [-0.05, 0) is 13.8 Å². The maximum atomic E-state index is 11.0. The Balaban J connectivity index is 2.05. The first-order valence-corrected chi connectivity index (χ1v) is 6.10. The molecule has 7 nitrogen and oxygen atoms in total. The van der Waals surface area contributed by atoms with E-state index in [-0.39, 0.29) is 6.61 Å². The first-order valence-electron chi connectivity index (χ1n) is 6.10. The van der Waals surface area contributed by atoms with Crippen LogP contribution >= 0.6 is 0 Å². The highest BCUT2D eigenvalue weighted by molar-refractivity contribution is 5.66. The van der Waals surface area contributed by atoms with Crippen molar-refractivity contribution in [2.45, 2.75) is 58.1 Å². The van der Waals surface area contributed by atoms with Crippen molar-refractivity contribution in [2.75, 3.05) is 6.61 Å². The quantitative estimate of drug-likeness (QED) is 0.687. The Morgan fingerprint density at radius 1 is 1.11 bits per heavy atom. The van der Waals surface area contributed by atoms with E-state index in [0.717, 1.165) is 0 Å². The minimum Gasteiger partial charge on any atom is -0.463 e. The van der Waals surface area contributed by atoms with E-state index in [1.54, 1.807) is 13.8 Å². The molecule has 0 spiro atoms. The summed E-state index contributed by atoms with van der Waals surface area (Å²) in [4.78, 5) is 21.9. The summed E-state index contributed by atoms with van der Waals surface area (Å²) < 4.78 is 26.8. The lowest BCUT2D eigenvalue weighted by Gasteiger charge is -2.23. The summed E-state index contributed by atoms with van der Waals surface area (Å²) >= 11 is 0. The number of carbonyl (C=O) groups excluding carboxylic acids is 2. The zero-order chi connectivity index (χ0) is 14.2. The summed E-state index contributed by atoms with van der Waals surface area (Å²) in [5.74, 6) is -1.66. The Morgan fingerprint density at radius 3 is 2.32 bits per heavy atom. The molecule has 19 heavy (non-hydrogen) atoms. The lowest BCUT2D eigenvalue weighted by Crippen LogP contribution is -2.33. The van der Waals surface area contributed by atoms with E-state index in [4.69, 9.17) is 23.7 Å². The van der Waals surface area contributed by atoms with Crippen LogP contribution in [0.15, 0.2) is 0 Å². The lowest BCUT2D eigenvalue weighted by atomic mass is 10.1. The van der Waals surface area contributed by atoms with Crippen LogP contribution in [0.1, 0.15) is 27.7 Å². The third-order valence-corrected chi connectivity index (χ3v) is 2.84. The van der Waals surface area contributed by atoms with Crippen LogP contribution in [0.4, 0.5) is 0 Å². The Labute approximate surface area is 111 Å². The molecule has 2 rings (SSSR count). The largest absolute Gasteiger partial charge is 0.463 e. The lowest BCUT2D eigenvalue weighted by molar-refractivity contribution is -0.234. The van der Waals surface area contributed by atoms with Gasteiger partial charge in [-0.1, -0.05) is 0 Å². The molecule has 7 heteroatoms. The van der Waals surface area contributed by atoms with Gasteiger partial charge in [0.25, 0.3) is 0 Å². The molecule has 2 aliphatic heterocycles. The number of carbonyl (C=O) groups is 2. The Hall–Kier alpha value is -1.18. The van der Waals surface area contributed by atoms with Crippen molar-refractivity contribution in [3.8, 4) is 0 Å². The third kappa shape index (κ3) is 3.23. The van der Waals surface area contributed by atoms with Gasteiger partial charge in [-0.3, -0.25) is 9.59 Å². The zero-order valence-electron chi connectivity index (χ0n) is 11.4. The average Bonchev–Trinajstić information content (AvgIpc) is 2.70. The second kappa shape index (κ2) is 5.07. The van der Waals surface area contributed by atoms with E-state index in [1.165, 1.54) is 13.8 Å². The van der Waals surface area contributed by atoms with Crippen molar-refractivity contribution in [1.82, 2.24) is 0 Å². The highest BCUT2D eigenvalue weighted by Crippen LogP contribution is 2.39. The summed E-state index contributed by atoms with van der Waals surface area (Å²) in [6.45, 7) is 6.16. The first kappa shape index (κ1) is 14.2. The normalized spacial score (nSPS) is 35.8. The number of rotatable bonds is 3. The fourth-order valence-electron chi connectivity index (χ4n) is 2.23. The molecular formula is C12H18O7. The molecule has 0 radical (unpaired) electrons. The number of esters is 2. The second-order valence-corrected chi connectivity index (χ2v) is 5.02. The van der Waals surface area contributed by atoms with Crippen LogP contribution in [0.2, 0.25) is 0 Å². The van der Waals surface area contributed by atoms with Crippen LogP contribution in [0, 0.1) is 0 Å². The van der Waals surface area contributed by atoms with Gasteiger partial charge in [0.1, 0.15) is 18.8 Å². The number of hydrogen-bond donors (Lipinski definition) is 0. The molecule has 0 aromatic carbocycles. The molecule has 0 bridgehead atoms. The molecule has 0 unspecified atom stereocenters. The van der Waals surface area contributed by atoms with Gasteiger partial charge < -0.3 is 23.7 Å². The summed E-state index contributed by atoms with van der Waals surface area (Å²) in [6, 6.07) is 0. The van der Waals surface area contributed by atoms with Gasteiger partial charge in [0, 0.05) is 13.8 Å². The first-order chi connectivity index (χ1) is 8.78. The molecule has 0 aromatic rings. The Bertz CT molecular complexity index is 378. The van der Waals surface area contributed by atoms with Crippen molar-refractivity contribution in [3.05, 3.63) is 0 Å². The van der Waals surface area contributed by atoms with Gasteiger partial charge in [0.15, 0.2) is 11.9 Å². The van der Waals surface area contributed by atoms with Gasteiger partial charge in [-0.25, -0.2) is 0 Å². The molecular weight excluding hydrogens is 256 g/mol. The van der Waals surface area contributed by atoms with Crippen LogP contribution in [-0.2, 0) is 33.3 Å². The predicted octanol–water partition coefficient (Wildman–Crippen LogP) is 0.358. The van der Waals surface area contributed by atoms with Crippen LogP contribution in [0.5, 0.6) is 0 Å². The maximum Gasteiger partial charge on any atom is 0.305 e. The van der Waals surface area contributed by atoms with Crippen molar-refractivity contribution < 1.29 is 33.3 Å². The average molecular weight is 274 g/mol. The Morgan fingerprint density at radius 2 is 1.74 bits per heavy atom. The second-order valence-electron chi connectivity index (χ2n) is 5.02. The van der Waals surface area contributed by atoms with E-state index in [2.05, 4.69) is 0 Å². The van der Waals surface area contributed by atoms with E-state index < -0.39 is 42.3 Å². The molecule has 2 fully saturated rings. The van der Waals surface area contributed by atoms with Crippen molar-refractivity contribution in [3.63, 3.8) is 0 Å². The molecule has 4 atom stereocenters. The van der Waals surface area contributed by atoms with Crippen LogP contribution in [0.3, 0.4) is 0 Å². The molecule has 2 heterocycles. The van der Waals surface area contributed by atoms with E-state index in [9.17, 15) is 9.59 Å². The van der Waals surface area contributed by atoms with Crippen molar-refractivity contribution in [1.29, 1.82) is 0 Å². The number of fused-ring (bicyclic) bond motifs is 1. The Kier molecular flexibility index (Phi) is 3.80. The minimum absolute atomic E-state index is 0.0354. The van der Waals surface area contributed by atoms with Crippen LogP contribution < -0.4 is 0 Å². The fourth-order valence-corrected chi connectivity index (χ4v) is 2.23. The summed E-state index contributed by atoms with van der Waals surface area (Å²) in [6.07, 6.45) is -2.30. The van der Waals surface area contributed by atoms with Gasteiger partial charge >= 0.3 is 11.9 Å². The summed E-state index contributed by atoms with van der Waals surface area (Å²) in [5.41, 5.74) is 0. The highest BCUT2D eigenvalue weighted by Gasteiger charge is 2.56. The monoisotopic (exact) mass is 274 g/mol. The van der Waals surface area contributed by atoms with E-state index in [0.29, 0.717) is 0 Å². The molecule has 0 aromatic heterocycles. The fraction of sp³-hybridized carbons (Fsp3) is 0.833. The molecule has 0 saturated carbocycles. The SMILES string of the molecule is CC(=O)OC[C@H]1O[C@H](OC(C)=O)[C@H]2OC(C)(C)O[C@@H]21. The maximum absolute atomic E-state index is 11.0. The molecule has 108 valence electrons. The third-order valence-electron chi connectivity index (χ3n) is 2.84. The summed E-state index contributed by atoms with van der Waals surface area (Å²) in [7, 11) is 0. The molecule has 0 amide bonds. The minimum atomic E-state index is -0.843. The smallest absolute Gasteiger partial charge is 0.305 e. The van der Waals surface area contributed by atoms with E-state index >= 15 is 0 Å². The van der Waals surface area contributed by atoms with E-state index in [1.807, 2.05) is 0 Å². The van der Waals surface area contributed by atoms with Gasteiger partial charge in [0.2, 0.25) is 6.29 Å². The van der Waals surface area contributed by atoms with Gasteiger partial charge in [-0.15, -0.1) is 0 Å². The van der Waals surface area contributed by atoms with Gasteiger partial charge in [-0.2, -0.15) is 0 Å². The number of ether oxygens (including phenoxy) is 5. The van der Waals surface area contributed by atoms with Crippen molar-refractivity contribution in [2.24, 2.45) is 0 Å².